The molecule has 0 radical (unpaired) electrons. The lowest BCUT2D eigenvalue weighted by Crippen LogP contribution is -2.38. The summed E-state index contributed by atoms with van der Waals surface area (Å²) in [6.07, 6.45) is 3.27. The number of hydrogen-bond donors (Lipinski definition) is 0. The third-order valence-corrected chi connectivity index (χ3v) is 8.35. The average molecular weight is 544 g/mol. The van der Waals surface area contributed by atoms with Crippen LogP contribution in [0.3, 0.4) is 0 Å². The number of nitrogens with zero attached hydrogens (tertiary/aromatic N) is 5. The number of carbonyl (C=O) groups excluding carboxylic acids is 2. The summed E-state index contributed by atoms with van der Waals surface area (Å²) in [5.41, 5.74) is 3.58. The molecule has 39 heavy (non-hydrogen) atoms. The van der Waals surface area contributed by atoms with Crippen LogP contribution in [0.15, 0.2) is 60.1 Å². The van der Waals surface area contributed by atoms with Gasteiger partial charge in [0.1, 0.15) is 5.69 Å². The van der Waals surface area contributed by atoms with E-state index in [0.717, 1.165) is 34.9 Å². The average Bonchev–Trinajstić information content (AvgIpc) is 3.73. The van der Waals surface area contributed by atoms with Gasteiger partial charge in [0.15, 0.2) is 11.5 Å². The number of amides is 2. The fourth-order valence-electron chi connectivity index (χ4n) is 5.16. The number of rotatable bonds is 6. The maximum Gasteiger partial charge on any atom is 0.277 e. The van der Waals surface area contributed by atoms with E-state index in [1.165, 1.54) is 11.3 Å². The van der Waals surface area contributed by atoms with Gasteiger partial charge in [0.25, 0.3) is 11.8 Å². The highest BCUT2D eigenvalue weighted by atomic mass is 32.1. The van der Waals surface area contributed by atoms with Crippen molar-refractivity contribution in [1.29, 1.82) is 0 Å². The fraction of sp³-hybridized carbons (Fsp3) is 0.310. The number of thiazole rings is 1. The van der Waals surface area contributed by atoms with E-state index in [4.69, 9.17) is 14.5 Å². The van der Waals surface area contributed by atoms with Crippen molar-refractivity contribution in [1.82, 2.24) is 19.7 Å². The van der Waals surface area contributed by atoms with E-state index in [1.54, 1.807) is 15.8 Å². The molecule has 200 valence electrons. The van der Waals surface area contributed by atoms with Crippen LogP contribution in [-0.2, 0) is 0 Å². The minimum atomic E-state index is -0.141. The normalized spacial score (nSPS) is 15.0. The number of benzene rings is 2. The molecule has 2 aliphatic heterocycles. The van der Waals surface area contributed by atoms with Crippen molar-refractivity contribution in [3.8, 4) is 17.2 Å². The molecule has 0 bridgehead atoms. The van der Waals surface area contributed by atoms with Gasteiger partial charge in [-0.05, 0) is 51.0 Å². The van der Waals surface area contributed by atoms with Gasteiger partial charge < -0.3 is 19.3 Å². The van der Waals surface area contributed by atoms with Crippen LogP contribution in [0.1, 0.15) is 57.2 Å². The molecular weight excluding hydrogens is 514 g/mol. The molecule has 10 heteroatoms. The molecule has 9 nitrogen and oxygen atoms in total. The monoisotopic (exact) mass is 543 g/mol. The predicted molar refractivity (Wildman–Crippen MR) is 148 cm³/mol. The number of likely N-dealkylation sites (tertiary alicyclic amines) is 1. The molecule has 0 N–H and O–H groups in total. The number of carbonyl (C=O) groups is 2. The zero-order valence-corrected chi connectivity index (χ0v) is 22.7. The second-order valence-corrected chi connectivity index (χ2v) is 10.5. The minimum Gasteiger partial charge on any atom is -0.454 e. The van der Waals surface area contributed by atoms with Crippen molar-refractivity contribution in [2.24, 2.45) is 0 Å². The lowest BCUT2D eigenvalue weighted by atomic mass is 9.97. The Morgan fingerprint density at radius 1 is 1.08 bits per heavy atom. The topological polar surface area (TPSA) is 89.8 Å². The molecule has 4 aromatic rings. The number of anilines is 1. The highest BCUT2D eigenvalue weighted by Gasteiger charge is 2.29. The molecule has 4 heterocycles. The van der Waals surface area contributed by atoms with Crippen molar-refractivity contribution >= 4 is 28.8 Å². The number of para-hydroxylation sites is 1. The highest BCUT2D eigenvalue weighted by Crippen LogP contribution is 2.36. The standard InChI is InChI=1S/C29H29N5O4S/c1-3-33(22-9-10-25-26(15-22)38-18-37-25)29(36)24-17-39-27(31-24)20-11-13-32(14-12-20)28(35)23-16-30-34(19(23)2)21-7-5-4-6-8-21/h4-10,15-17,20H,3,11-14,18H2,1-2H3. The highest BCUT2D eigenvalue weighted by molar-refractivity contribution is 7.10. The third-order valence-electron chi connectivity index (χ3n) is 7.34. The van der Waals surface area contributed by atoms with Crippen LogP contribution in [0, 0.1) is 6.92 Å². The minimum absolute atomic E-state index is 0.00505. The van der Waals surface area contributed by atoms with E-state index < -0.39 is 0 Å². The van der Waals surface area contributed by atoms with Crippen LogP contribution in [0.4, 0.5) is 5.69 Å². The van der Waals surface area contributed by atoms with E-state index in [9.17, 15) is 9.59 Å². The molecule has 0 atom stereocenters. The molecule has 0 saturated carbocycles. The summed E-state index contributed by atoms with van der Waals surface area (Å²) in [6.45, 7) is 5.84. The summed E-state index contributed by atoms with van der Waals surface area (Å²) in [4.78, 5) is 35.0. The zero-order valence-electron chi connectivity index (χ0n) is 21.9. The molecule has 0 spiro atoms. The summed E-state index contributed by atoms with van der Waals surface area (Å²) in [5.74, 6) is 1.40. The van der Waals surface area contributed by atoms with Gasteiger partial charge >= 0.3 is 0 Å². The number of aromatic nitrogens is 3. The van der Waals surface area contributed by atoms with Gasteiger partial charge in [-0.3, -0.25) is 9.59 Å². The van der Waals surface area contributed by atoms with E-state index in [0.29, 0.717) is 42.4 Å². The lowest BCUT2D eigenvalue weighted by Gasteiger charge is -2.31. The second kappa shape index (κ2) is 10.5. The van der Waals surface area contributed by atoms with Gasteiger partial charge in [0.2, 0.25) is 6.79 Å². The molecule has 0 aliphatic carbocycles. The molecule has 6 rings (SSSR count). The van der Waals surface area contributed by atoms with Gasteiger partial charge in [-0.1, -0.05) is 18.2 Å². The third kappa shape index (κ3) is 4.76. The van der Waals surface area contributed by atoms with E-state index in [-0.39, 0.29) is 24.5 Å². The predicted octanol–water partition coefficient (Wildman–Crippen LogP) is 5.05. The van der Waals surface area contributed by atoms with Crippen molar-refractivity contribution in [2.75, 3.05) is 31.3 Å². The van der Waals surface area contributed by atoms with Gasteiger partial charge in [0.05, 0.1) is 28.1 Å². The number of fused-ring (bicyclic) bond motifs is 1. The molecule has 0 unspecified atom stereocenters. The molecule has 1 saturated heterocycles. The van der Waals surface area contributed by atoms with Crippen molar-refractivity contribution in [2.45, 2.75) is 32.6 Å². The molecule has 2 amide bonds. The number of ether oxygens (including phenoxy) is 2. The first-order valence-corrected chi connectivity index (χ1v) is 14.0. The summed E-state index contributed by atoms with van der Waals surface area (Å²) in [6, 6.07) is 15.3. The van der Waals surface area contributed by atoms with Crippen LogP contribution < -0.4 is 14.4 Å². The Bertz CT molecular complexity index is 1510. The van der Waals surface area contributed by atoms with Crippen molar-refractivity contribution < 1.29 is 19.1 Å². The Kier molecular flexibility index (Phi) is 6.78. The first-order valence-electron chi connectivity index (χ1n) is 13.1. The van der Waals surface area contributed by atoms with Crippen molar-refractivity contribution in [3.63, 3.8) is 0 Å². The number of piperidine rings is 1. The maximum atomic E-state index is 13.3. The van der Waals surface area contributed by atoms with Gasteiger partial charge in [-0.2, -0.15) is 5.10 Å². The lowest BCUT2D eigenvalue weighted by molar-refractivity contribution is 0.0712. The molecule has 2 aliphatic rings. The van der Waals surface area contributed by atoms with E-state index in [1.807, 2.05) is 72.7 Å². The summed E-state index contributed by atoms with van der Waals surface area (Å²) in [7, 11) is 0. The Labute approximate surface area is 230 Å². The molecule has 1 fully saturated rings. The Balaban J connectivity index is 1.10. The van der Waals surface area contributed by atoms with Crippen molar-refractivity contribution in [3.05, 3.63) is 82.1 Å². The zero-order chi connectivity index (χ0) is 26.9. The van der Waals surface area contributed by atoms with Crippen LogP contribution in [0.25, 0.3) is 5.69 Å². The van der Waals surface area contributed by atoms with Crippen LogP contribution in [0.5, 0.6) is 11.5 Å². The van der Waals surface area contributed by atoms with Gasteiger partial charge in [-0.15, -0.1) is 11.3 Å². The first-order chi connectivity index (χ1) is 19.0. The SMILES string of the molecule is CCN(C(=O)c1csc(C2CCN(C(=O)c3cnn(-c4ccccc4)c3C)CC2)n1)c1ccc2c(c1)OCO2. The van der Waals surface area contributed by atoms with Crippen LogP contribution in [-0.4, -0.2) is 57.9 Å². The Hall–Kier alpha value is -4.18. The quantitative estimate of drug-likeness (QED) is 0.338. The summed E-state index contributed by atoms with van der Waals surface area (Å²) >= 11 is 1.52. The Morgan fingerprint density at radius 3 is 2.62 bits per heavy atom. The summed E-state index contributed by atoms with van der Waals surface area (Å²) in [5, 5.41) is 7.24. The number of hydrogen-bond acceptors (Lipinski definition) is 7. The summed E-state index contributed by atoms with van der Waals surface area (Å²) < 4.78 is 12.7. The first kappa shape index (κ1) is 25.1. The molecular formula is C29H29N5O4S. The molecule has 2 aromatic heterocycles. The molecule has 2 aromatic carbocycles. The van der Waals surface area contributed by atoms with Crippen LogP contribution in [0.2, 0.25) is 0 Å². The van der Waals surface area contributed by atoms with E-state index >= 15 is 0 Å². The maximum absolute atomic E-state index is 13.3. The smallest absolute Gasteiger partial charge is 0.277 e. The van der Waals surface area contributed by atoms with Crippen LogP contribution >= 0.6 is 11.3 Å². The van der Waals surface area contributed by atoms with Gasteiger partial charge in [0, 0.05) is 42.7 Å². The second-order valence-electron chi connectivity index (χ2n) is 9.62. The fourth-order valence-corrected chi connectivity index (χ4v) is 6.12. The Morgan fingerprint density at radius 2 is 1.85 bits per heavy atom. The van der Waals surface area contributed by atoms with Gasteiger partial charge in [-0.25, -0.2) is 9.67 Å². The largest absolute Gasteiger partial charge is 0.454 e. The van der Waals surface area contributed by atoms with E-state index in [2.05, 4.69) is 5.10 Å².